The maximum Gasteiger partial charge on any atom is 0.0452 e. The molecule has 1 aromatic rings. The Morgan fingerprint density at radius 2 is 2.35 bits per heavy atom. The number of nitrogens with zero attached hydrogens (tertiary/aromatic N) is 1. The Balaban J connectivity index is 2.07. The number of piperazine rings is 1. The van der Waals surface area contributed by atoms with Crippen LogP contribution < -0.4 is 11.1 Å². The molecular formula is C13H21N3S. The fourth-order valence-electron chi connectivity index (χ4n) is 2.25. The third kappa shape index (κ3) is 3.15. The molecule has 1 fully saturated rings. The molecule has 0 bridgehead atoms. The van der Waals surface area contributed by atoms with Crippen LogP contribution in [-0.4, -0.2) is 43.9 Å². The minimum Gasteiger partial charge on any atom is -0.398 e. The van der Waals surface area contributed by atoms with Gasteiger partial charge in [-0.2, -0.15) is 0 Å². The predicted molar refractivity (Wildman–Crippen MR) is 75.6 cm³/mol. The van der Waals surface area contributed by atoms with Crippen molar-refractivity contribution in [3.8, 4) is 0 Å². The number of likely N-dealkylation sites (N-methyl/N-ethyl adjacent to an activating group) is 1. The Kier molecular flexibility index (Phi) is 4.31. The molecule has 0 radical (unpaired) electrons. The van der Waals surface area contributed by atoms with E-state index in [0.717, 1.165) is 31.7 Å². The van der Waals surface area contributed by atoms with Crippen LogP contribution in [0.5, 0.6) is 0 Å². The molecule has 1 saturated heterocycles. The van der Waals surface area contributed by atoms with Gasteiger partial charge in [-0.25, -0.2) is 0 Å². The van der Waals surface area contributed by atoms with Crippen LogP contribution in [0.2, 0.25) is 0 Å². The summed E-state index contributed by atoms with van der Waals surface area (Å²) in [5.41, 5.74) is 8.18. The molecule has 0 amide bonds. The van der Waals surface area contributed by atoms with Gasteiger partial charge in [0.25, 0.3) is 0 Å². The Labute approximate surface area is 108 Å². The van der Waals surface area contributed by atoms with Gasteiger partial charge >= 0.3 is 0 Å². The Hall–Kier alpha value is -0.710. The summed E-state index contributed by atoms with van der Waals surface area (Å²) >= 11 is 1.72. The van der Waals surface area contributed by atoms with Gasteiger partial charge in [0.15, 0.2) is 0 Å². The van der Waals surface area contributed by atoms with Gasteiger partial charge < -0.3 is 16.0 Å². The SMILES string of the molecule is CSc1cc(CC2CNCCN2C)ccc1N. The standard InChI is InChI=1S/C13H21N3S/c1-16-6-5-15-9-11(16)7-10-3-4-12(14)13(8-10)17-2/h3-4,8,11,15H,5-7,9,14H2,1-2H3. The normalized spacial score (nSPS) is 21.6. The summed E-state index contributed by atoms with van der Waals surface area (Å²) in [6.45, 7) is 3.31. The molecule has 0 spiro atoms. The van der Waals surface area contributed by atoms with Gasteiger partial charge in [0, 0.05) is 36.3 Å². The molecule has 4 heteroatoms. The van der Waals surface area contributed by atoms with E-state index in [1.807, 2.05) is 6.07 Å². The zero-order valence-electron chi connectivity index (χ0n) is 10.6. The van der Waals surface area contributed by atoms with E-state index in [4.69, 9.17) is 5.73 Å². The van der Waals surface area contributed by atoms with Crippen molar-refractivity contribution in [2.75, 3.05) is 38.7 Å². The second-order valence-corrected chi connectivity index (χ2v) is 5.47. The summed E-state index contributed by atoms with van der Waals surface area (Å²) in [5.74, 6) is 0. The van der Waals surface area contributed by atoms with Gasteiger partial charge in [0.1, 0.15) is 0 Å². The molecule has 94 valence electrons. The number of hydrogen-bond acceptors (Lipinski definition) is 4. The zero-order valence-corrected chi connectivity index (χ0v) is 11.4. The first kappa shape index (κ1) is 12.7. The van der Waals surface area contributed by atoms with Gasteiger partial charge in [-0.3, -0.25) is 0 Å². The average Bonchev–Trinajstić information content (AvgIpc) is 2.34. The summed E-state index contributed by atoms with van der Waals surface area (Å²) in [4.78, 5) is 3.62. The van der Waals surface area contributed by atoms with Crippen molar-refractivity contribution in [3.05, 3.63) is 23.8 Å². The van der Waals surface area contributed by atoms with E-state index in [1.54, 1.807) is 11.8 Å². The number of nitrogens with one attached hydrogen (secondary N) is 1. The summed E-state index contributed by atoms with van der Waals surface area (Å²) < 4.78 is 0. The maximum atomic E-state index is 5.92. The van der Waals surface area contributed by atoms with E-state index >= 15 is 0 Å². The van der Waals surface area contributed by atoms with Gasteiger partial charge in [-0.15, -0.1) is 11.8 Å². The molecule has 1 aromatic carbocycles. The van der Waals surface area contributed by atoms with Crippen molar-refractivity contribution >= 4 is 17.4 Å². The highest BCUT2D eigenvalue weighted by atomic mass is 32.2. The average molecular weight is 251 g/mol. The van der Waals surface area contributed by atoms with Crippen molar-refractivity contribution in [2.45, 2.75) is 17.4 Å². The lowest BCUT2D eigenvalue weighted by Gasteiger charge is -2.33. The summed E-state index contributed by atoms with van der Waals surface area (Å²) in [6.07, 6.45) is 3.17. The van der Waals surface area contributed by atoms with Crippen LogP contribution in [0.1, 0.15) is 5.56 Å². The molecule has 2 rings (SSSR count). The van der Waals surface area contributed by atoms with E-state index < -0.39 is 0 Å². The number of nitrogen functional groups attached to an aromatic ring is 1. The summed E-state index contributed by atoms with van der Waals surface area (Å²) in [5, 5.41) is 3.45. The van der Waals surface area contributed by atoms with E-state index in [9.17, 15) is 0 Å². The van der Waals surface area contributed by atoms with Crippen molar-refractivity contribution in [1.82, 2.24) is 10.2 Å². The lowest BCUT2D eigenvalue weighted by atomic mass is 10.0. The lowest BCUT2D eigenvalue weighted by Crippen LogP contribution is -2.50. The molecule has 1 heterocycles. The van der Waals surface area contributed by atoms with Gasteiger partial charge in [-0.1, -0.05) is 6.07 Å². The monoisotopic (exact) mass is 251 g/mol. The van der Waals surface area contributed by atoms with Crippen molar-refractivity contribution in [2.24, 2.45) is 0 Å². The zero-order chi connectivity index (χ0) is 12.3. The largest absolute Gasteiger partial charge is 0.398 e. The van der Waals surface area contributed by atoms with E-state index in [0.29, 0.717) is 6.04 Å². The van der Waals surface area contributed by atoms with Crippen molar-refractivity contribution in [3.63, 3.8) is 0 Å². The van der Waals surface area contributed by atoms with Crippen LogP contribution in [0.3, 0.4) is 0 Å². The minimum atomic E-state index is 0.599. The first-order valence-electron chi connectivity index (χ1n) is 6.04. The number of anilines is 1. The maximum absolute atomic E-state index is 5.92. The molecular weight excluding hydrogens is 230 g/mol. The molecule has 0 aliphatic carbocycles. The third-order valence-electron chi connectivity index (χ3n) is 3.41. The number of hydrogen-bond donors (Lipinski definition) is 2. The topological polar surface area (TPSA) is 41.3 Å². The molecule has 0 saturated carbocycles. The molecule has 1 unspecified atom stereocenters. The molecule has 1 aliphatic rings. The Morgan fingerprint density at radius 3 is 3.06 bits per heavy atom. The number of rotatable bonds is 3. The van der Waals surface area contributed by atoms with E-state index in [-0.39, 0.29) is 0 Å². The fourth-order valence-corrected chi connectivity index (χ4v) is 2.82. The van der Waals surface area contributed by atoms with Crippen LogP contribution in [-0.2, 0) is 6.42 Å². The molecule has 1 aliphatic heterocycles. The number of benzene rings is 1. The van der Waals surface area contributed by atoms with Crippen LogP contribution in [0.15, 0.2) is 23.1 Å². The third-order valence-corrected chi connectivity index (χ3v) is 4.21. The molecule has 3 nitrogen and oxygen atoms in total. The second-order valence-electron chi connectivity index (χ2n) is 4.62. The lowest BCUT2D eigenvalue weighted by molar-refractivity contribution is 0.199. The molecule has 17 heavy (non-hydrogen) atoms. The van der Waals surface area contributed by atoms with Gasteiger partial charge in [-0.05, 0) is 37.4 Å². The highest BCUT2D eigenvalue weighted by Gasteiger charge is 2.18. The van der Waals surface area contributed by atoms with Crippen LogP contribution in [0.25, 0.3) is 0 Å². The predicted octanol–water partition coefficient (Wildman–Crippen LogP) is 1.44. The fraction of sp³-hybridized carbons (Fsp3) is 0.538. The first-order valence-corrected chi connectivity index (χ1v) is 7.26. The van der Waals surface area contributed by atoms with Crippen LogP contribution >= 0.6 is 11.8 Å². The van der Waals surface area contributed by atoms with E-state index in [1.165, 1.54) is 10.5 Å². The smallest absolute Gasteiger partial charge is 0.0452 e. The number of nitrogens with two attached hydrogens (primary N) is 1. The number of thioether (sulfide) groups is 1. The molecule has 0 aromatic heterocycles. The minimum absolute atomic E-state index is 0.599. The Morgan fingerprint density at radius 1 is 1.53 bits per heavy atom. The summed E-state index contributed by atoms with van der Waals surface area (Å²) in [6, 6.07) is 7.00. The molecule has 3 N–H and O–H groups in total. The van der Waals surface area contributed by atoms with Crippen molar-refractivity contribution in [1.29, 1.82) is 0 Å². The first-order chi connectivity index (χ1) is 8.20. The Bertz CT molecular complexity index is 381. The molecule has 1 atom stereocenters. The highest BCUT2D eigenvalue weighted by molar-refractivity contribution is 7.98. The van der Waals surface area contributed by atoms with Crippen LogP contribution in [0, 0.1) is 0 Å². The van der Waals surface area contributed by atoms with E-state index in [2.05, 4.69) is 35.7 Å². The van der Waals surface area contributed by atoms with Gasteiger partial charge in [0.2, 0.25) is 0 Å². The van der Waals surface area contributed by atoms with Crippen molar-refractivity contribution < 1.29 is 0 Å². The second kappa shape index (κ2) is 5.76. The summed E-state index contributed by atoms with van der Waals surface area (Å²) in [7, 11) is 2.21. The highest BCUT2D eigenvalue weighted by Crippen LogP contribution is 2.24. The van der Waals surface area contributed by atoms with Crippen LogP contribution in [0.4, 0.5) is 5.69 Å². The van der Waals surface area contributed by atoms with Gasteiger partial charge in [0.05, 0.1) is 0 Å². The quantitative estimate of drug-likeness (QED) is 0.630.